The molecule has 23 heavy (non-hydrogen) atoms. The van der Waals surface area contributed by atoms with E-state index in [0.717, 1.165) is 42.2 Å². The van der Waals surface area contributed by atoms with E-state index in [-0.39, 0.29) is 11.9 Å². The third-order valence-electron chi connectivity index (χ3n) is 3.75. The smallest absolute Gasteiger partial charge is 0.220 e. The summed E-state index contributed by atoms with van der Waals surface area (Å²) in [6, 6.07) is 8.12. The Labute approximate surface area is 138 Å². The molecule has 0 aromatic carbocycles. The second kappa shape index (κ2) is 7.90. The molecule has 0 bridgehead atoms. The van der Waals surface area contributed by atoms with Crippen molar-refractivity contribution in [2.75, 3.05) is 0 Å². The van der Waals surface area contributed by atoms with Gasteiger partial charge in [0.15, 0.2) is 0 Å². The maximum Gasteiger partial charge on any atom is 0.220 e. The highest BCUT2D eigenvalue weighted by Gasteiger charge is 2.09. The first kappa shape index (κ1) is 17.2. The van der Waals surface area contributed by atoms with Crippen molar-refractivity contribution in [2.45, 2.75) is 59.5 Å². The number of aromatic nitrogens is 3. The first-order valence-corrected chi connectivity index (χ1v) is 8.17. The molecule has 5 nitrogen and oxygen atoms in total. The molecule has 0 aliphatic carbocycles. The first-order chi connectivity index (χ1) is 10.9. The first-order valence-electron chi connectivity index (χ1n) is 8.17. The van der Waals surface area contributed by atoms with Gasteiger partial charge in [-0.1, -0.05) is 6.07 Å². The average molecular weight is 314 g/mol. The summed E-state index contributed by atoms with van der Waals surface area (Å²) in [6.07, 6.45) is 2.07. The highest BCUT2D eigenvalue weighted by molar-refractivity contribution is 5.76. The Morgan fingerprint density at radius 2 is 2.04 bits per heavy atom. The number of hydrogen-bond acceptors (Lipinski definition) is 3. The number of rotatable bonds is 7. The third-order valence-corrected chi connectivity index (χ3v) is 3.75. The van der Waals surface area contributed by atoms with Crippen LogP contribution in [0.5, 0.6) is 0 Å². The lowest BCUT2D eigenvalue weighted by atomic mass is 10.1. The standard InChI is InChI=1S/C18H26N4O/c1-13-7-5-8-17(19-13)12-14(2)20-18(23)9-6-10-22-16(4)11-15(3)21-22/h5,7-8,11,14H,6,9-10,12H2,1-4H3,(H,20,23). The van der Waals surface area contributed by atoms with Crippen LogP contribution in [0.3, 0.4) is 0 Å². The Morgan fingerprint density at radius 3 is 2.70 bits per heavy atom. The minimum atomic E-state index is 0.0884. The van der Waals surface area contributed by atoms with Crippen LogP contribution < -0.4 is 5.32 Å². The summed E-state index contributed by atoms with van der Waals surface area (Å²) >= 11 is 0. The predicted molar refractivity (Wildman–Crippen MR) is 91.2 cm³/mol. The van der Waals surface area contributed by atoms with Crippen molar-refractivity contribution in [3.05, 3.63) is 47.0 Å². The maximum absolute atomic E-state index is 12.0. The number of hydrogen-bond donors (Lipinski definition) is 1. The largest absolute Gasteiger partial charge is 0.353 e. The molecule has 2 aromatic rings. The van der Waals surface area contributed by atoms with Crippen LogP contribution in [-0.4, -0.2) is 26.7 Å². The van der Waals surface area contributed by atoms with E-state index < -0.39 is 0 Å². The minimum Gasteiger partial charge on any atom is -0.353 e. The molecule has 1 N–H and O–H groups in total. The van der Waals surface area contributed by atoms with E-state index in [4.69, 9.17) is 0 Å². The fourth-order valence-corrected chi connectivity index (χ4v) is 2.72. The van der Waals surface area contributed by atoms with E-state index in [2.05, 4.69) is 21.5 Å². The monoisotopic (exact) mass is 314 g/mol. The molecular weight excluding hydrogens is 288 g/mol. The van der Waals surface area contributed by atoms with E-state index in [1.54, 1.807) is 0 Å². The molecule has 1 atom stereocenters. The van der Waals surface area contributed by atoms with Crippen LogP contribution in [0.2, 0.25) is 0 Å². The Hall–Kier alpha value is -2.17. The van der Waals surface area contributed by atoms with E-state index in [0.29, 0.717) is 6.42 Å². The number of aryl methyl sites for hydroxylation is 4. The molecule has 2 rings (SSSR count). The number of pyridine rings is 1. The van der Waals surface area contributed by atoms with Crippen molar-refractivity contribution < 1.29 is 4.79 Å². The van der Waals surface area contributed by atoms with Gasteiger partial charge in [-0.3, -0.25) is 14.5 Å². The van der Waals surface area contributed by atoms with Gasteiger partial charge in [0.05, 0.1) is 5.69 Å². The number of carbonyl (C=O) groups excluding carboxylic acids is 1. The molecule has 0 aliphatic heterocycles. The second-order valence-electron chi connectivity index (χ2n) is 6.20. The van der Waals surface area contributed by atoms with Crippen molar-refractivity contribution in [2.24, 2.45) is 0 Å². The van der Waals surface area contributed by atoms with Crippen LogP contribution >= 0.6 is 0 Å². The second-order valence-corrected chi connectivity index (χ2v) is 6.20. The lowest BCUT2D eigenvalue weighted by Crippen LogP contribution is -2.34. The van der Waals surface area contributed by atoms with Gasteiger partial charge in [0.1, 0.15) is 0 Å². The van der Waals surface area contributed by atoms with Gasteiger partial charge >= 0.3 is 0 Å². The normalized spacial score (nSPS) is 12.2. The lowest BCUT2D eigenvalue weighted by molar-refractivity contribution is -0.121. The summed E-state index contributed by atoms with van der Waals surface area (Å²) in [5.74, 6) is 0.0895. The van der Waals surface area contributed by atoms with Gasteiger partial charge in [-0.2, -0.15) is 5.10 Å². The fraction of sp³-hybridized carbons (Fsp3) is 0.500. The molecule has 0 fully saturated rings. The van der Waals surface area contributed by atoms with Crippen LogP contribution in [0.25, 0.3) is 0 Å². The molecule has 1 unspecified atom stereocenters. The SMILES string of the molecule is Cc1cccc(CC(C)NC(=O)CCCn2nc(C)cc2C)n1. The highest BCUT2D eigenvalue weighted by atomic mass is 16.1. The molecule has 0 spiro atoms. The number of carbonyl (C=O) groups is 1. The molecular formula is C18H26N4O. The van der Waals surface area contributed by atoms with Crippen LogP contribution in [0, 0.1) is 20.8 Å². The summed E-state index contributed by atoms with van der Waals surface area (Å²) in [4.78, 5) is 16.5. The van der Waals surface area contributed by atoms with Crippen LogP contribution in [0.15, 0.2) is 24.3 Å². The molecule has 5 heteroatoms. The summed E-state index contributed by atoms with van der Waals surface area (Å²) in [5, 5.41) is 7.45. The molecule has 0 saturated carbocycles. The molecule has 2 heterocycles. The van der Waals surface area contributed by atoms with Gasteiger partial charge in [-0.05, 0) is 52.3 Å². The zero-order valence-corrected chi connectivity index (χ0v) is 14.5. The zero-order valence-electron chi connectivity index (χ0n) is 14.5. The molecule has 0 radical (unpaired) electrons. The maximum atomic E-state index is 12.0. The van der Waals surface area contributed by atoms with Gasteiger partial charge in [-0.25, -0.2) is 0 Å². The third kappa shape index (κ3) is 5.51. The van der Waals surface area contributed by atoms with Gasteiger partial charge in [0.25, 0.3) is 0 Å². The fourth-order valence-electron chi connectivity index (χ4n) is 2.72. The summed E-state index contributed by atoms with van der Waals surface area (Å²) in [6.45, 7) is 8.80. The van der Waals surface area contributed by atoms with Gasteiger partial charge in [0, 0.05) is 42.5 Å². The van der Waals surface area contributed by atoms with Gasteiger partial charge in [-0.15, -0.1) is 0 Å². The Kier molecular flexibility index (Phi) is 5.90. The van der Waals surface area contributed by atoms with Crippen molar-refractivity contribution in [3.63, 3.8) is 0 Å². The number of nitrogens with zero attached hydrogens (tertiary/aromatic N) is 3. The number of nitrogens with one attached hydrogen (secondary N) is 1. The van der Waals surface area contributed by atoms with Crippen LogP contribution in [0.1, 0.15) is 42.5 Å². The van der Waals surface area contributed by atoms with Gasteiger partial charge < -0.3 is 5.32 Å². The Balaban J connectivity index is 1.72. The summed E-state index contributed by atoms with van der Waals surface area (Å²) in [5.41, 5.74) is 4.18. The lowest BCUT2D eigenvalue weighted by Gasteiger charge is -2.14. The molecule has 124 valence electrons. The van der Waals surface area contributed by atoms with Crippen molar-refractivity contribution >= 4 is 5.91 Å². The van der Waals surface area contributed by atoms with Gasteiger partial charge in [0.2, 0.25) is 5.91 Å². The average Bonchev–Trinajstić information content (AvgIpc) is 2.76. The quantitative estimate of drug-likeness (QED) is 0.855. The molecule has 2 aromatic heterocycles. The van der Waals surface area contributed by atoms with E-state index in [1.165, 1.54) is 0 Å². The molecule has 0 saturated heterocycles. The predicted octanol–water partition coefficient (Wildman–Crippen LogP) is 2.73. The highest BCUT2D eigenvalue weighted by Crippen LogP contribution is 2.05. The van der Waals surface area contributed by atoms with Crippen LogP contribution in [-0.2, 0) is 17.8 Å². The topological polar surface area (TPSA) is 59.8 Å². The van der Waals surface area contributed by atoms with Crippen molar-refractivity contribution in [3.8, 4) is 0 Å². The summed E-state index contributed by atoms with van der Waals surface area (Å²) in [7, 11) is 0. The van der Waals surface area contributed by atoms with E-state index in [1.807, 2.05) is 50.6 Å². The molecule has 0 aliphatic rings. The Bertz CT molecular complexity index is 663. The Morgan fingerprint density at radius 1 is 1.26 bits per heavy atom. The number of amides is 1. The van der Waals surface area contributed by atoms with Crippen molar-refractivity contribution in [1.82, 2.24) is 20.1 Å². The minimum absolute atomic E-state index is 0.0884. The zero-order chi connectivity index (χ0) is 16.8. The van der Waals surface area contributed by atoms with Crippen LogP contribution in [0.4, 0.5) is 0 Å². The van der Waals surface area contributed by atoms with E-state index >= 15 is 0 Å². The van der Waals surface area contributed by atoms with E-state index in [9.17, 15) is 4.79 Å². The summed E-state index contributed by atoms with van der Waals surface area (Å²) < 4.78 is 1.96. The molecule has 1 amide bonds. The van der Waals surface area contributed by atoms with Crippen molar-refractivity contribution in [1.29, 1.82) is 0 Å².